The number of aliphatic carboxylic acids is 1. The smallest absolute Gasteiger partial charge is 0.309 e. The van der Waals surface area contributed by atoms with Gasteiger partial charge in [0, 0.05) is 56.6 Å². The van der Waals surface area contributed by atoms with E-state index in [2.05, 4.69) is 45.7 Å². The van der Waals surface area contributed by atoms with Gasteiger partial charge in [-0.1, -0.05) is 34.1 Å². The minimum atomic E-state index is -0.976. The summed E-state index contributed by atoms with van der Waals surface area (Å²) in [6, 6.07) is 7.62. The number of carbonyl (C=O) groups is 4. The van der Waals surface area contributed by atoms with Crippen LogP contribution in [0, 0.1) is 10.8 Å². The van der Waals surface area contributed by atoms with Crippen molar-refractivity contribution >= 4 is 29.3 Å². The average molecular weight is 695 g/mol. The number of ketones is 1. The van der Waals surface area contributed by atoms with Crippen LogP contribution in [0.25, 0.3) is 0 Å². The van der Waals surface area contributed by atoms with E-state index in [9.17, 15) is 24.3 Å². The number of carbonyl (C=O) groups excluding carboxylic acids is 3. The molecule has 49 heavy (non-hydrogen) atoms. The molecule has 0 fully saturated rings. The second-order valence-corrected chi connectivity index (χ2v) is 13.7. The Balaban J connectivity index is 0.00000113. The standard InChI is InChI=1S/C22H44N4O6.C14H22N2O/c1-20(2,15-21(3,4)19(29)30)18(28)22(5,6)26-9-11-32-13-12-31-10-8-24-16-25-14-17(27)23-7;1-3-5-11-16-14(17)12-6-8-13(9-7-12)15-10-4-2/h24-26H,8-16H2,1-7H3,(H,23,27)(H,29,30);6-9,15H,3-5,10-11H2,1-2H3,(H,16,17). The lowest BCUT2D eigenvalue weighted by molar-refractivity contribution is -0.150. The molecule has 2 amide bonds. The second-order valence-electron chi connectivity index (χ2n) is 13.7. The topological polar surface area (TPSA) is 179 Å². The Morgan fingerprint density at radius 3 is 1.92 bits per heavy atom. The number of hydrogen-bond acceptors (Lipinski definition) is 10. The van der Waals surface area contributed by atoms with Crippen LogP contribution >= 0.6 is 0 Å². The lowest BCUT2D eigenvalue weighted by Crippen LogP contribution is -2.54. The first-order valence-electron chi connectivity index (χ1n) is 17.5. The van der Waals surface area contributed by atoms with Gasteiger partial charge in [-0.15, -0.1) is 0 Å². The van der Waals surface area contributed by atoms with Gasteiger partial charge >= 0.3 is 5.97 Å². The summed E-state index contributed by atoms with van der Waals surface area (Å²) >= 11 is 0. The van der Waals surface area contributed by atoms with Crippen LogP contribution in [0.2, 0.25) is 0 Å². The largest absolute Gasteiger partial charge is 0.481 e. The quantitative estimate of drug-likeness (QED) is 0.0558. The van der Waals surface area contributed by atoms with E-state index in [4.69, 9.17) is 9.47 Å². The van der Waals surface area contributed by atoms with Crippen LogP contribution in [0.5, 0.6) is 0 Å². The zero-order valence-electron chi connectivity index (χ0n) is 31.6. The molecule has 1 aromatic carbocycles. The van der Waals surface area contributed by atoms with E-state index in [-0.39, 0.29) is 30.6 Å². The van der Waals surface area contributed by atoms with Crippen LogP contribution < -0.4 is 31.9 Å². The molecule has 0 aliphatic rings. The molecule has 13 heteroatoms. The molecular weight excluding hydrogens is 628 g/mol. The molecule has 0 saturated heterocycles. The molecular formula is C36H66N6O7. The molecule has 0 saturated carbocycles. The first-order chi connectivity index (χ1) is 23.0. The summed E-state index contributed by atoms with van der Waals surface area (Å²) in [7, 11) is 1.59. The van der Waals surface area contributed by atoms with Crippen molar-refractivity contribution in [2.45, 2.75) is 86.6 Å². The molecule has 0 heterocycles. The van der Waals surface area contributed by atoms with Crippen LogP contribution in [0.1, 0.15) is 91.4 Å². The highest BCUT2D eigenvalue weighted by molar-refractivity contribution is 5.94. The average Bonchev–Trinajstić information content (AvgIpc) is 3.05. The van der Waals surface area contributed by atoms with Gasteiger partial charge in [0.2, 0.25) is 5.91 Å². The maximum atomic E-state index is 13.0. The van der Waals surface area contributed by atoms with Gasteiger partial charge in [0.25, 0.3) is 5.91 Å². The normalized spacial score (nSPS) is 11.7. The Morgan fingerprint density at radius 1 is 0.755 bits per heavy atom. The number of unbranched alkanes of at least 4 members (excludes halogenated alkanes) is 1. The first kappa shape index (κ1) is 45.9. The molecule has 0 aliphatic heterocycles. The SMILES string of the molecule is CCCCNC(=O)c1ccc(NCCC)cc1.CNC(=O)CNCNCCOCCOCCNC(C)(C)C(=O)C(C)(C)CC(C)(C)C(=O)O. The summed E-state index contributed by atoms with van der Waals surface area (Å²) in [5.74, 6) is -0.984. The Hall–Kier alpha value is -3.10. The number of anilines is 1. The van der Waals surface area contributed by atoms with Gasteiger partial charge in [-0.3, -0.25) is 24.5 Å². The minimum absolute atomic E-state index is 0.0143. The number of amides is 2. The summed E-state index contributed by atoms with van der Waals surface area (Å²) < 4.78 is 11.0. The predicted octanol–water partition coefficient (Wildman–Crippen LogP) is 3.41. The molecule has 0 bridgehead atoms. The maximum absolute atomic E-state index is 13.0. The molecule has 13 nitrogen and oxygen atoms in total. The summed E-state index contributed by atoms with van der Waals surface area (Å²) in [6.45, 7) is 20.3. The molecule has 1 aromatic rings. The number of benzene rings is 1. The summed E-state index contributed by atoms with van der Waals surface area (Å²) in [5.41, 5.74) is -0.759. The molecule has 0 spiro atoms. The van der Waals surface area contributed by atoms with E-state index in [1.807, 2.05) is 38.1 Å². The van der Waals surface area contributed by atoms with Gasteiger partial charge in [-0.25, -0.2) is 0 Å². The van der Waals surface area contributed by atoms with E-state index < -0.39 is 22.3 Å². The van der Waals surface area contributed by atoms with Gasteiger partial charge in [-0.2, -0.15) is 0 Å². The highest BCUT2D eigenvalue weighted by Crippen LogP contribution is 2.37. The number of Topliss-reactive ketones (excluding diaryl/α,β-unsaturated/α-hetero) is 1. The number of likely N-dealkylation sites (N-methyl/N-ethyl adjacent to an activating group) is 1. The van der Waals surface area contributed by atoms with Crippen LogP contribution in [-0.4, -0.2) is 107 Å². The molecule has 0 atom stereocenters. The van der Waals surface area contributed by atoms with Gasteiger partial charge in [-0.05, 0) is 71.2 Å². The van der Waals surface area contributed by atoms with Crippen molar-refractivity contribution in [3.05, 3.63) is 29.8 Å². The third-order valence-corrected chi connectivity index (χ3v) is 7.61. The van der Waals surface area contributed by atoms with E-state index >= 15 is 0 Å². The predicted molar refractivity (Wildman–Crippen MR) is 196 cm³/mol. The van der Waals surface area contributed by atoms with Crippen molar-refractivity contribution in [3.8, 4) is 0 Å². The first-order valence-corrected chi connectivity index (χ1v) is 17.5. The number of rotatable bonds is 26. The number of ether oxygens (including phenoxy) is 2. The lowest BCUT2D eigenvalue weighted by atomic mass is 9.69. The van der Waals surface area contributed by atoms with Crippen LogP contribution in [0.15, 0.2) is 24.3 Å². The van der Waals surface area contributed by atoms with E-state index in [1.54, 1.807) is 34.7 Å². The number of carboxylic acid groups (broad SMARTS) is 1. The number of nitrogens with one attached hydrogen (secondary N) is 6. The Morgan fingerprint density at radius 2 is 1.37 bits per heavy atom. The monoisotopic (exact) mass is 694 g/mol. The van der Waals surface area contributed by atoms with Crippen LogP contribution in [0.3, 0.4) is 0 Å². The van der Waals surface area contributed by atoms with Crippen molar-refractivity contribution in [2.75, 3.05) is 78.2 Å². The maximum Gasteiger partial charge on any atom is 0.309 e. The van der Waals surface area contributed by atoms with Crippen molar-refractivity contribution in [1.29, 1.82) is 0 Å². The number of hydrogen-bond donors (Lipinski definition) is 7. The lowest BCUT2D eigenvalue weighted by Gasteiger charge is -2.37. The Kier molecular flexibility index (Phi) is 23.4. The van der Waals surface area contributed by atoms with Crippen LogP contribution in [0.4, 0.5) is 5.69 Å². The van der Waals surface area contributed by atoms with Gasteiger partial charge in [0.1, 0.15) is 0 Å². The van der Waals surface area contributed by atoms with Crippen molar-refractivity contribution in [1.82, 2.24) is 26.6 Å². The molecule has 0 unspecified atom stereocenters. The van der Waals surface area contributed by atoms with E-state index in [0.29, 0.717) is 46.2 Å². The molecule has 282 valence electrons. The Bertz CT molecular complexity index is 1090. The highest BCUT2D eigenvalue weighted by atomic mass is 16.5. The van der Waals surface area contributed by atoms with Gasteiger partial charge in [0.05, 0.1) is 43.9 Å². The zero-order valence-corrected chi connectivity index (χ0v) is 31.6. The van der Waals surface area contributed by atoms with Gasteiger partial charge in [0.15, 0.2) is 5.78 Å². The zero-order chi connectivity index (χ0) is 37.3. The van der Waals surface area contributed by atoms with Crippen molar-refractivity contribution in [3.63, 3.8) is 0 Å². The molecule has 0 radical (unpaired) electrons. The minimum Gasteiger partial charge on any atom is -0.481 e. The molecule has 7 N–H and O–H groups in total. The number of carboxylic acids is 1. The van der Waals surface area contributed by atoms with E-state index in [0.717, 1.165) is 43.6 Å². The fraction of sp³-hybridized carbons (Fsp3) is 0.722. The second kappa shape index (κ2) is 24.9. The van der Waals surface area contributed by atoms with Crippen molar-refractivity contribution in [2.24, 2.45) is 10.8 Å². The molecule has 0 aliphatic carbocycles. The van der Waals surface area contributed by atoms with E-state index in [1.165, 1.54) is 0 Å². The third-order valence-electron chi connectivity index (χ3n) is 7.61. The van der Waals surface area contributed by atoms with Crippen molar-refractivity contribution < 1.29 is 33.8 Å². The fourth-order valence-corrected chi connectivity index (χ4v) is 5.02. The summed E-state index contributed by atoms with van der Waals surface area (Å²) in [6.07, 6.45) is 3.48. The fourth-order valence-electron chi connectivity index (χ4n) is 5.02. The third kappa shape index (κ3) is 20.9. The summed E-state index contributed by atoms with van der Waals surface area (Å²) in [5, 5.41) is 27.3. The molecule has 1 rings (SSSR count). The Labute approximate surface area is 294 Å². The molecule has 0 aromatic heterocycles. The highest BCUT2D eigenvalue weighted by Gasteiger charge is 2.44. The van der Waals surface area contributed by atoms with Gasteiger partial charge < -0.3 is 41.2 Å². The summed E-state index contributed by atoms with van der Waals surface area (Å²) in [4.78, 5) is 47.2. The van der Waals surface area contributed by atoms with Crippen LogP contribution in [-0.2, 0) is 23.9 Å².